The van der Waals surface area contributed by atoms with Crippen LogP contribution in [0.5, 0.6) is 0 Å². The van der Waals surface area contributed by atoms with Gasteiger partial charge in [0.25, 0.3) is 0 Å². The van der Waals surface area contributed by atoms with E-state index in [1.165, 1.54) is 10.7 Å². The van der Waals surface area contributed by atoms with Gasteiger partial charge in [0, 0.05) is 0 Å². The number of alkyl halides is 3. The number of hydrogen-bond donors (Lipinski definition) is 1. The zero-order valence-corrected chi connectivity index (χ0v) is 11.4. The lowest BCUT2D eigenvalue weighted by Gasteiger charge is -2.14. The van der Waals surface area contributed by atoms with E-state index < -0.39 is 11.7 Å². The number of nitrogen functional groups attached to an aromatic ring is 1. The molecule has 2 N–H and O–H groups in total. The summed E-state index contributed by atoms with van der Waals surface area (Å²) in [5.41, 5.74) is 6.63. The minimum absolute atomic E-state index is 0.000979. The van der Waals surface area contributed by atoms with Crippen LogP contribution in [0.3, 0.4) is 0 Å². The quantitative estimate of drug-likeness (QED) is 0.920. The molecule has 2 aromatic rings. The zero-order valence-electron chi connectivity index (χ0n) is 11.4. The third kappa shape index (κ3) is 2.48. The summed E-state index contributed by atoms with van der Waals surface area (Å²) >= 11 is 0. The third-order valence-electron chi connectivity index (χ3n) is 3.04. The molecule has 0 saturated heterocycles. The van der Waals surface area contributed by atoms with E-state index in [2.05, 4.69) is 10.3 Å². The summed E-state index contributed by atoms with van der Waals surface area (Å²) in [5.74, 6) is 0.232. The first-order valence-corrected chi connectivity index (χ1v) is 6.11. The summed E-state index contributed by atoms with van der Waals surface area (Å²) in [5, 5.41) is 7.62. The van der Waals surface area contributed by atoms with Crippen LogP contribution in [0.1, 0.15) is 36.6 Å². The van der Waals surface area contributed by atoms with Crippen LogP contribution in [-0.4, -0.2) is 15.0 Å². The number of aromatic nitrogens is 3. The molecule has 2 rings (SSSR count). The number of hydrogen-bond acceptors (Lipinski definition) is 3. The van der Waals surface area contributed by atoms with Crippen molar-refractivity contribution < 1.29 is 13.2 Å². The Morgan fingerprint density at radius 3 is 2.45 bits per heavy atom. The van der Waals surface area contributed by atoms with Crippen LogP contribution in [-0.2, 0) is 6.18 Å². The normalized spacial score (nSPS) is 12.2. The Hall–Kier alpha value is -2.05. The van der Waals surface area contributed by atoms with Crippen LogP contribution in [0.25, 0.3) is 5.69 Å². The summed E-state index contributed by atoms with van der Waals surface area (Å²) in [6.07, 6.45) is -4.40. The van der Waals surface area contributed by atoms with E-state index in [4.69, 9.17) is 5.73 Å². The van der Waals surface area contributed by atoms with Crippen LogP contribution < -0.4 is 5.73 Å². The maximum atomic E-state index is 12.8. The Labute approximate surface area is 114 Å². The molecule has 0 fully saturated rings. The first-order chi connectivity index (χ1) is 9.21. The third-order valence-corrected chi connectivity index (χ3v) is 3.04. The average Bonchev–Trinajstić information content (AvgIpc) is 2.70. The van der Waals surface area contributed by atoms with Gasteiger partial charge in [-0.25, -0.2) is 4.68 Å². The van der Waals surface area contributed by atoms with E-state index in [0.717, 1.165) is 12.1 Å². The molecule has 4 nitrogen and oxygen atoms in total. The molecular weight excluding hydrogens is 269 g/mol. The minimum Gasteiger partial charge on any atom is -0.381 e. The van der Waals surface area contributed by atoms with Crippen LogP contribution in [0.4, 0.5) is 19.0 Å². The predicted octanol–water partition coefficient (Wildman–Crippen LogP) is 3.30. The van der Waals surface area contributed by atoms with E-state index in [9.17, 15) is 13.2 Å². The lowest BCUT2D eigenvalue weighted by molar-refractivity contribution is -0.137. The van der Waals surface area contributed by atoms with Crippen molar-refractivity contribution in [3.8, 4) is 5.69 Å². The Bertz CT molecular complexity index is 629. The molecule has 0 spiro atoms. The van der Waals surface area contributed by atoms with Gasteiger partial charge in [0.1, 0.15) is 0 Å². The second kappa shape index (κ2) is 4.81. The van der Waals surface area contributed by atoms with Crippen molar-refractivity contribution in [3.63, 3.8) is 0 Å². The molecule has 0 unspecified atom stereocenters. The van der Waals surface area contributed by atoms with E-state index in [1.807, 2.05) is 13.8 Å². The molecule has 1 aromatic heterocycles. The largest absolute Gasteiger partial charge is 0.416 e. The van der Waals surface area contributed by atoms with Crippen molar-refractivity contribution >= 4 is 5.82 Å². The Morgan fingerprint density at radius 2 is 1.90 bits per heavy atom. The standard InChI is InChI=1S/C13H15F3N4/c1-7(2)11-12(17)18-19-20(11)10-6-9(13(14,15)16)5-4-8(10)3/h4-7H,17H2,1-3H3. The van der Waals surface area contributed by atoms with Gasteiger partial charge in [-0.2, -0.15) is 13.2 Å². The fourth-order valence-electron chi connectivity index (χ4n) is 2.03. The lowest BCUT2D eigenvalue weighted by Crippen LogP contribution is -2.10. The molecule has 7 heteroatoms. The van der Waals surface area contributed by atoms with E-state index in [1.54, 1.807) is 6.92 Å². The molecule has 1 aromatic carbocycles. The number of anilines is 1. The maximum Gasteiger partial charge on any atom is 0.416 e. The average molecular weight is 284 g/mol. The van der Waals surface area contributed by atoms with Crippen molar-refractivity contribution in [1.29, 1.82) is 0 Å². The number of halogens is 3. The molecule has 0 saturated carbocycles. The van der Waals surface area contributed by atoms with Gasteiger partial charge in [0.2, 0.25) is 0 Å². The molecule has 0 bridgehead atoms. The van der Waals surface area contributed by atoms with Gasteiger partial charge in [0.05, 0.1) is 16.9 Å². The van der Waals surface area contributed by atoms with Gasteiger partial charge in [-0.15, -0.1) is 5.10 Å². The summed E-state index contributed by atoms with van der Waals surface area (Å²) in [6.45, 7) is 5.49. The van der Waals surface area contributed by atoms with Crippen LogP contribution >= 0.6 is 0 Å². The fraction of sp³-hybridized carbons (Fsp3) is 0.385. The minimum atomic E-state index is -4.40. The van der Waals surface area contributed by atoms with Crippen molar-refractivity contribution in [2.75, 3.05) is 5.73 Å². The van der Waals surface area contributed by atoms with E-state index >= 15 is 0 Å². The Morgan fingerprint density at radius 1 is 1.25 bits per heavy atom. The molecule has 0 radical (unpaired) electrons. The molecule has 20 heavy (non-hydrogen) atoms. The molecule has 0 amide bonds. The molecule has 0 aliphatic carbocycles. The van der Waals surface area contributed by atoms with Gasteiger partial charge in [-0.1, -0.05) is 25.1 Å². The first kappa shape index (κ1) is 14.4. The molecule has 1 heterocycles. The second-order valence-corrected chi connectivity index (χ2v) is 4.93. The fourth-order valence-corrected chi connectivity index (χ4v) is 2.03. The molecule has 0 aliphatic heterocycles. The topological polar surface area (TPSA) is 56.7 Å². The summed E-state index contributed by atoms with van der Waals surface area (Å²) in [7, 11) is 0. The van der Waals surface area contributed by atoms with Gasteiger partial charge >= 0.3 is 6.18 Å². The number of rotatable bonds is 2. The first-order valence-electron chi connectivity index (χ1n) is 6.11. The smallest absolute Gasteiger partial charge is 0.381 e. The molecular formula is C13H15F3N4. The second-order valence-electron chi connectivity index (χ2n) is 4.93. The van der Waals surface area contributed by atoms with E-state index in [0.29, 0.717) is 16.9 Å². The highest BCUT2D eigenvalue weighted by atomic mass is 19.4. The summed E-state index contributed by atoms with van der Waals surface area (Å²) in [4.78, 5) is 0. The zero-order chi connectivity index (χ0) is 15.1. The highest BCUT2D eigenvalue weighted by Crippen LogP contribution is 2.32. The SMILES string of the molecule is Cc1ccc(C(F)(F)F)cc1-n1nnc(N)c1C(C)C. The van der Waals surface area contributed by atoms with Gasteiger partial charge in [-0.3, -0.25) is 0 Å². The molecule has 0 aliphatic rings. The number of nitrogens with zero attached hydrogens (tertiary/aromatic N) is 3. The maximum absolute atomic E-state index is 12.8. The van der Waals surface area contributed by atoms with Gasteiger partial charge < -0.3 is 5.73 Å². The van der Waals surface area contributed by atoms with Crippen molar-refractivity contribution in [2.45, 2.75) is 32.9 Å². The van der Waals surface area contributed by atoms with Crippen LogP contribution in [0, 0.1) is 6.92 Å². The van der Waals surface area contributed by atoms with Crippen molar-refractivity contribution in [3.05, 3.63) is 35.0 Å². The van der Waals surface area contributed by atoms with Gasteiger partial charge in [-0.05, 0) is 30.5 Å². The Kier molecular flexibility index (Phi) is 3.45. The highest BCUT2D eigenvalue weighted by molar-refractivity contribution is 5.48. The van der Waals surface area contributed by atoms with Crippen LogP contribution in [0.2, 0.25) is 0 Å². The highest BCUT2D eigenvalue weighted by Gasteiger charge is 2.31. The number of aryl methyl sites for hydroxylation is 1. The summed E-state index contributed by atoms with van der Waals surface area (Å²) in [6, 6.07) is 3.53. The number of benzene rings is 1. The van der Waals surface area contributed by atoms with Crippen molar-refractivity contribution in [1.82, 2.24) is 15.0 Å². The molecule has 0 atom stereocenters. The monoisotopic (exact) mass is 284 g/mol. The number of nitrogens with two attached hydrogens (primary N) is 1. The lowest BCUT2D eigenvalue weighted by atomic mass is 10.1. The molecule has 108 valence electrons. The predicted molar refractivity (Wildman–Crippen MR) is 69.6 cm³/mol. The van der Waals surface area contributed by atoms with Crippen molar-refractivity contribution in [2.24, 2.45) is 0 Å². The van der Waals surface area contributed by atoms with Gasteiger partial charge in [0.15, 0.2) is 5.82 Å². The van der Waals surface area contributed by atoms with E-state index in [-0.39, 0.29) is 11.7 Å². The Balaban J connectivity index is 2.64. The van der Waals surface area contributed by atoms with Crippen LogP contribution in [0.15, 0.2) is 18.2 Å². The summed E-state index contributed by atoms with van der Waals surface area (Å²) < 4.78 is 39.8.